The van der Waals surface area contributed by atoms with Crippen LogP contribution >= 0.6 is 0 Å². The first-order valence-corrected chi connectivity index (χ1v) is 7.33. The quantitative estimate of drug-likeness (QED) is 0.794. The summed E-state index contributed by atoms with van der Waals surface area (Å²) in [7, 11) is 1.64. The molecule has 21 heavy (non-hydrogen) atoms. The number of hydrogen-bond acceptors (Lipinski definition) is 4. The van der Waals surface area contributed by atoms with Gasteiger partial charge in [-0.25, -0.2) is 9.59 Å². The standard InChI is InChI=1S/C14H27N3O4/c1-14(2,3)21-13(19)17-9-7-16(8-10-17)12(18)15-6-5-11-20-4/h5-11H2,1-4H3,(H,15,18). The van der Waals surface area contributed by atoms with Crippen molar-refractivity contribution in [1.29, 1.82) is 0 Å². The summed E-state index contributed by atoms with van der Waals surface area (Å²) in [5.74, 6) is 0. The molecule has 1 rings (SSSR count). The third-order valence-electron chi connectivity index (χ3n) is 3.02. The Morgan fingerprint density at radius 1 is 1.10 bits per heavy atom. The smallest absolute Gasteiger partial charge is 0.410 e. The van der Waals surface area contributed by atoms with Gasteiger partial charge < -0.3 is 24.6 Å². The lowest BCUT2D eigenvalue weighted by atomic mass is 10.2. The van der Waals surface area contributed by atoms with Gasteiger partial charge in [0.25, 0.3) is 0 Å². The Morgan fingerprint density at radius 2 is 1.67 bits per heavy atom. The molecule has 0 saturated carbocycles. The van der Waals surface area contributed by atoms with Gasteiger partial charge in [0, 0.05) is 46.4 Å². The second-order valence-corrected chi connectivity index (χ2v) is 6.03. The lowest BCUT2D eigenvalue weighted by Crippen LogP contribution is -2.54. The van der Waals surface area contributed by atoms with Crippen molar-refractivity contribution in [3.8, 4) is 0 Å². The van der Waals surface area contributed by atoms with Gasteiger partial charge in [0.15, 0.2) is 0 Å². The SMILES string of the molecule is COCCCNC(=O)N1CCN(C(=O)OC(C)(C)C)CC1. The van der Waals surface area contributed by atoms with Gasteiger partial charge in [0.1, 0.15) is 5.60 Å². The monoisotopic (exact) mass is 301 g/mol. The maximum absolute atomic E-state index is 11.9. The Morgan fingerprint density at radius 3 is 2.19 bits per heavy atom. The summed E-state index contributed by atoms with van der Waals surface area (Å²) in [5, 5.41) is 2.84. The molecule has 0 spiro atoms. The Hall–Kier alpha value is -1.50. The Bertz CT molecular complexity index is 347. The maximum Gasteiger partial charge on any atom is 0.410 e. The van der Waals surface area contributed by atoms with Crippen LogP contribution in [0.2, 0.25) is 0 Å². The van der Waals surface area contributed by atoms with E-state index >= 15 is 0 Å². The first kappa shape index (κ1) is 17.6. The Kier molecular flexibility index (Phi) is 6.74. The summed E-state index contributed by atoms with van der Waals surface area (Å²) in [6.07, 6.45) is 0.475. The van der Waals surface area contributed by atoms with Crippen LogP contribution in [0.5, 0.6) is 0 Å². The molecule has 0 aromatic rings. The molecule has 0 radical (unpaired) electrons. The molecule has 0 atom stereocenters. The van der Waals surface area contributed by atoms with Crippen molar-refractivity contribution in [2.45, 2.75) is 32.8 Å². The topological polar surface area (TPSA) is 71.1 Å². The van der Waals surface area contributed by atoms with E-state index in [9.17, 15) is 9.59 Å². The molecule has 0 aromatic carbocycles. The fourth-order valence-corrected chi connectivity index (χ4v) is 1.94. The first-order valence-electron chi connectivity index (χ1n) is 7.33. The average Bonchev–Trinajstić information content (AvgIpc) is 2.41. The van der Waals surface area contributed by atoms with Gasteiger partial charge in [-0.3, -0.25) is 0 Å². The van der Waals surface area contributed by atoms with Gasteiger partial charge in [-0.1, -0.05) is 0 Å². The van der Waals surface area contributed by atoms with Crippen molar-refractivity contribution >= 4 is 12.1 Å². The zero-order valence-electron chi connectivity index (χ0n) is 13.5. The summed E-state index contributed by atoms with van der Waals surface area (Å²) >= 11 is 0. The van der Waals surface area contributed by atoms with Crippen LogP contribution < -0.4 is 5.32 Å². The molecule has 1 fully saturated rings. The van der Waals surface area contributed by atoms with E-state index in [-0.39, 0.29) is 12.1 Å². The molecule has 1 heterocycles. The molecule has 1 N–H and O–H groups in total. The highest BCUT2D eigenvalue weighted by Gasteiger charge is 2.27. The number of carbonyl (C=O) groups excluding carboxylic acids is 2. The third kappa shape index (κ3) is 6.66. The number of ether oxygens (including phenoxy) is 2. The van der Waals surface area contributed by atoms with Crippen LogP contribution in [-0.2, 0) is 9.47 Å². The minimum absolute atomic E-state index is 0.0880. The highest BCUT2D eigenvalue weighted by Crippen LogP contribution is 2.11. The normalized spacial score (nSPS) is 15.8. The Balaban J connectivity index is 2.28. The van der Waals surface area contributed by atoms with Crippen LogP contribution in [0.1, 0.15) is 27.2 Å². The number of nitrogens with zero attached hydrogens (tertiary/aromatic N) is 2. The fourth-order valence-electron chi connectivity index (χ4n) is 1.94. The zero-order valence-corrected chi connectivity index (χ0v) is 13.5. The number of methoxy groups -OCH3 is 1. The molecule has 7 heteroatoms. The number of carbonyl (C=O) groups is 2. The molecule has 0 unspecified atom stereocenters. The predicted octanol–water partition coefficient (Wildman–Crippen LogP) is 1.29. The summed E-state index contributed by atoms with van der Waals surface area (Å²) < 4.78 is 10.2. The van der Waals surface area contributed by atoms with Crippen LogP contribution in [0.15, 0.2) is 0 Å². The summed E-state index contributed by atoms with van der Waals surface area (Å²) in [4.78, 5) is 27.2. The van der Waals surface area contributed by atoms with Gasteiger partial charge in [-0.15, -0.1) is 0 Å². The van der Waals surface area contributed by atoms with Crippen LogP contribution in [0.3, 0.4) is 0 Å². The molecule has 0 aromatic heterocycles. The number of rotatable bonds is 4. The molecule has 122 valence electrons. The number of hydrogen-bond donors (Lipinski definition) is 1. The molecule has 0 aliphatic carbocycles. The van der Waals surface area contributed by atoms with Crippen LogP contribution in [0.25, 0.3) is 0 Å². The van der Waals surface area contributed by atoms with Crippen LogP contribution in [-0.4, -0.2) is 74.0 Å². The van der Waals surface area contributed by atoms with Gasteiger partial charge >= 0.3 is 12.1 Å². The van der Waals surface area contributed by atoms with Crippen molar-refractivity contribution < 1.29 is 19.1 Å². The zero-order chi connectivity index (χ0) is 15.9. The molecule has 3 amide bonds. The highest BCUT2D eigenvalue weighted by molar-refractivity contribution is 5.75. The van der Waals surface area contributed by atoms with E-state index in [0.717, 1.165) is 6.42 Å². The lowest BCUT2D eigenvalue weighted by molar-refractivity contribution is 0.0170. The largest absolute Gasteiger partial charge is 0.444 e. The molecular weight excluding hydrogens is 274 g/mol. The van der Waals surface area contributed by atoms with Gasteiger partial charge in [-0.05, 0) is 27.2 Å². The highest BCUT2D eigenvalue weighted by atomic mass is 16.6. The van der Waals surface area contributed by atoms with E-state index in [1.54, 1.807) is 16.9 Å². The molecule has 1 aliphatic rings. The average molecular weight is 301 g/mol. The predicted molar refractivity (Wildman–Crippen MR) is 79.3 cm³/mol. The van der Waals surface area contributed by atoms with Crippen LogP contribution in [0, 0.1) is 0 Å². The van der Waals surface area contributed by atoms with E-state index < -0.39 is 5.60 Å². The van der Waals surface area contributed by atoms with Crippen molar-refractivity contribution in [2.24, 2.45) is 0 Å². The summed E-state index contributed by atoms with van der Waals surface area (Å²) in [5.41, 5.74) is -0.493. The lowest BCUT2D eigenvalue weighted by Gasteiger charge is -2.35. The summed E-state index contributed by atoms with van der Waals surface area (Å²) in [6.45, 7) is 8.80. The van der Waals surface area contributed by atoms with Crippen molar-refractivity contribution in [2.75, 3.05) is 46.4 Å². The van der Waals surface area contributed by atoms with Crippen molar-refractivity contribution in [3.05, 3.63) is 0 Å². The van der Waals surface area contributed by atoms with Gasteiger partial charge in [-0.2, -0.15) is 0 Å². The van der Waals surface area contributed by atoms with Gasteiger partial charge in [0.05, 0.1) is 0 Å². The Labute approximate surface area is 126 Å². The maximum atomic E-state index is 11.9. The van der Waals surface area contributed by atoms with E-state index in [4.69, 9.17) is 9.47 Å². The minimum atomic E-state index is -0.493. The molecule has 7 nitrogen and oxygen atoms in total. The van der Waals surface area contributed by atoms with Crippen molar-refractivity contribution in [3.63, 3.8) is 0 Å². The molecule has 0 bridgehead atoms. The first-order chi connectivity index (χ1) is 9.83. The van der Waals surface area contributed by atoms with Crippen molar-refractivity contribution in [1.82, 2.24) is 15.1 Å². The number of piperazine rings is 1. The van der Waals surface area contributed by atoms with Crippen LogP contribution in [0.4, 0.5) is 9.59 Å². The fraction of sp³-hybridized carbons (Fsp3) is 0.857. The number of nitrogens with one attached hydrogen (secondary N) is 1. The minimum Gasteiger partial charge on any atom is -0.444 e. The second-order valence-electron chi connectivity index (χ2n) is 6.03. The number of amides is 3. The number of urea groups is 1. The van der Waals surface area contributed by atoms with E-state index in [0.29, 0.717) is 39.3 Å². The second kappa shape index (κ2) is 8.07. The molecule has 1 saturated heterocycles. The van der Waals surface area contributed by atoms with E-state index in [1.165, 1.54) is 0 Å². The third-order valence-corrected chi connectivity index (χ3v) is 3.02. The van der Waals surface area contributed by atoms with Gasteiger partial charge in [0.2, 0.25) is 0 Å². The molecule has 1 aliphatic heterocycles. The summed E-state index contributed by atoms with van der Waals surface area (Å²) in [6, 6.07) is -0.0880. The van der Waals surface area contributed by atoms with E-state index in [1.807, 2.05) is 20.8 Å². The van der Waals surface area contributed by atoms with E-state index in [2.05, 4.69) is 5.32 Å². The molecular formula is C14H27N3O4.